The van der Waals surface area contributed by atoms with Crippen molar-refractivity contribution in [2.45, 2.75) is 24.6 Å². The number of rotatable bonds is 7. The molecule has 0 radical (unpaired) electrons. The standard InChI is InChI=1S/C31H24FN5O6/c32-23-22(16-42-31(41)21-14-8-3-9-15-21)43-30(25(23)38)36-18-35-24-26(36)33-17-34-27(24)37(28(39)19-10-4-1-5-11-19)29(40)20-12-6-2-7-13-20/h1-15,17-18,22-23,25,30,38H,16H2/t22-,23+,25-,30?/m1/s1. The largest absolute Gasteiger partial charge is 0.459 e. The lowest BCUT2D eigenvalue weighted by atomic mass is 10.1. The molecule has 0 aliphatic carbocycles. The fourth-order valence-electron chi connectivity index (χ4n) is 4.78. The Balaban J connectivity index is 1.31. The Morgan fingerprint density at radius 1 is 0.837 bits per heavy atom. The van der Waals surface area contributed by atoms with Gasteiger partial charge in [-0.3, -0.25) is 14.2 Å². The molecule has 2 aromatic heterocycles. The van der Waals surface area contributed by atoms with Gasteiger partial charge in [-0.25, -0.2) is 29.0 Å². The normalized spacial score (nSPS) is 19.7. The van der Waals surface area contributed by atoms with E-state index in [2.05, 4.69) is 15.0 Å². The number of alkyl halides is 1. The predicted molar refractivity (Wildman–Crippen MR) is 151 cm³/mol. The molecule has 0 saturated carbocycles. The van der Waals surface area contributed by atoms with Crippen LogP contribution in [0.15, 0.2) is 104 Å². The molecule has 4 atom stereocenters. The van der Waals surface area contributed by atoms with Crippen molar-refractivity contribution in [2.24, 2.45) is 0 Å². The second-order valence-corrected chi connectivity index (χ2v) is 9.66. The number of carbonyl (C=O) groups is 3. The summed E-state index contributed by atoms with van der Waals surface area (Å²) in [6, 6.07) is 24.6. The van der Waals surface area contributed by atoms with E-state index < -0.39 is 49.0 Å². The van der Waals surface area contributed by atoms with Gasteiger partial charge in [-0.2, -0.15) is 0 Å². The van der Waals surface area contributed by atoms with Crippen LogP contribution >= 0.6 is 0 Å². The van der Waals surface area contributed by atoms with Crippen LogP contribution in [-0.2, 0) is 9.47 Å². The Kier molecular flexibility index (Phi) is 7.69. The first kappa shape index (κ1) is 27.8. The highest BCUT2D eigenvalue weighted by Gasteiger charge is 2.46. The van der Waals surface area contributed by atoms with E-state index in [1.54, 1.807) is 91.0 Å². The number of halogens is 1. The summed E-state index contributed by atoms with van der Waals surface area (Å²) in [6.45, 7) is -0.444. The third-order valence-corrected chi connectivity index (χ3v) is 6.95. The quantitative estimate of drug-likeness (QED) is 0.225. The highest BCUT2D eigenvalue weighted by molar-refractivity contribution is 6.27. The molecule has 1 fully saturated rings. The summed E-state index contributed by atoms with van der Waals surface area (Å²) in [6.07, 6.45) is -3.76. The average molecular weight is 582 g/mol. The number of imidazole rings is 1. The number of benzene rings is 3. The van der Waals surface area contributed by atoms with Crippen LogP contribution in [0.5, 0.6) is 0 Å². The number of ether oxygens (including phenoxy) is 2. The van der Waals surface area contributed by atoms with Gasteiger partial charge in [-0.1, -0.05) is 54.6 Å². The fourth-order valence-corrected chi connectivity index (χ4v) is 4.78. The Morgan fingerprint density at radius 2 is 1.40 bits per heavy atom. The molecule has 3 aromatic carbocycles. The van der Waals surface area contributed by atoms with Crippen LogP contribution in [-0.4, -0.2) is 67.4 Å². The maximum absolute atomic E-state index is 15.1. The number of fused-ring (bicyclic) bond motifs is 1. The van der Waals surface area contributed by atoms with Crippen molar-refractivity contribution in [1.82, 2.24) is 19.5 Å². The van der Waals surface area contributed by atoms with E-state index in [9.17, 15) is 19.5 Å². The van der Waals surface area contributed by atoms with Gasteiger partial charge < -0.3 is 14.6 Å². The molecule has 1 aliphatic rings. The summed E-state index contributed by atoms with van der Waals surface area (Å²) < 4.78 is 27.4. The van der Waals surface area contributed by atoms with Crippen LogP contribution in [0.1, 0.15) is 37.3 Å². The number of anilines is 1. The number of esters is 1. The van der Waals surface area contributed by atoms with Crippen molar-refractivity contribution in [3.63, 3.8) is 0 Å². The van der Waals surface area contributed by atoms with Gasteiger partial charge in [0.1, 0.15) is 25.1 Å². The lowest BCUT2D eigenvalue weighted by molar-refractivity contribution is -0.0544. The molecule has 1 unspecified atom stereocenters. The average Bonchev–Trinajstić information content (AvgIpc) is 3.61. The van der Waals surface area contributed by atoms with E-state index in [1.165, 1.54) is 10.9 Å². The highest BCUT2D eigenvalue weighted by Crippen LogP contribution is 2.35. The molecular weight excluding hydrogens is 557 g/mol. The van der Waals surface area contributed by atoms with E-state index >= 15 is 4.39 Å². The van der Waals surface area contributed by atoms with Crippen molar-refractivity contribution in [1.29, 1.82) is 0 Å². The van der Waals surface area contributed by atoms with Gasteiger partial charge in [0.15, 0.2) is 29.4 Å². The number of hydrogen-bond acceptors (Lipinski definition) is 9. The van der Waals surface area contributed by atoms with Crippen LogP contribution in [0.25, 0.3) is 11.2 Å². The minimum atomic E-state index is -1.90. The minimum absolute atomic E-state index is 0.0428. The molecule has 1 saturated heterocycles. The van der Waals surface area contributed by atoms with Gasteiger partial charge in [-0.05, 0) is 36.4 Å². The van der Waals surface area contributed by atoms with Gasteiger partial charge in [0.2, 0.25) is 0 Å². The van der Waals surface area contributed by atoms with Crippen molar-refractivity contribution in [3.8, 4) is 0 Å². The molecule has 0 bridgehead atoms. The molecule has 43 heavy (non-hydrogen) atoms. The first-order valence-corrected chi connectivity index (χ1v) is 13.3. The Hall–Kier alpha value is -5.33. The molecule has 2 amide bonds. The molecular formula is C31H24FN5O6. The SMILES string of the molecule is O=C(OC[C@H]1OC(n2cnc3c(N(C(=O)c4ccccc4)C(=O)c4ccccc4)ncnc32)[C@H](O)[C@H]1F)c1ccccc1. The van der Waals surface area contributed by atoms with Gasteiger partial charge in [-0.15, -0.1) is 0 Å². The van der Waals surface area contributed by atoms with Gasteiger partial charge in [0.05, 0.1) is 11.9 Å². The summed E-state index contributed by atoms with van der Waals surface area (Å²) in [5, 5.41) is 10.7. The first-order chi connectivity index (χ1) is 20.9. The topological polar surface area (TPSA) is 137 Å². The lowest BCUT2D eigenvalue weighted by Crippen LogP contribution is -2.38. The molecule has 216 valence electrons. The van der Waals surface area contributed by atoms with Crippen molar-refractivity contribution in [2.75, 3.05) is 11.5 Å². The Morgan fingerprint density at radius 3 is 1.98 bits per heavy atom. The van der Waals surface area contributed by atoms with E-state index in [0.29, 0.717) is 0 Å². The number of nitrogens with zero attached hydrogens (tertiary/aromatic N) is 5. The number of amides is 2. The van der Waals surface area contributed by atoms with Crippen LogP contribution in [0.4, 0.5) is 10.2 Å². The zero-order chi connectivity index (χ0) is 29.9. The molecule has 6 rings (SSSR count). The second kappa shape index (κ2) is 11.9. The monoisotopic (exact) mass is 581 g/mol. The zero-order valence-electron chi connectivity index (χ0n) is 22.4. The second-order valence-electron chi connectivity index (χ2n) is 9.66. The van der Waals surface area contributed by atoms with E-state index in [0.717, 1.165) is 11.2 Å². The summed E-state index contributed by atoms with van der Waals surface area (Å²) >= 11 is 0. The van der Waals surface area contributed by atoms with Gasteiger partial charge in [0, 0.05) is 11.1 Å². The van der Waals surface area contributed by atoms with Crippen molar-refractivity contribution < 1.29 is 33.4 Å². The number of aliphatic hydroxyl groups is 1. The van der Waals surface area contributed by atoms with Gasteiger partial charge in [0.25, 0.3) is 11.8 Å². The molecule has 3 heterocycles. The molecule has 0 spiro atoms. The summed E-state index contributed by atoms with van der Waals surface area (Å²) in [5.74, 6) is -2.06. The van der Waals surface area contributed by atoms with Crippen LogP contribution < -0.4 is 4.90 Å². The minimum Gasteiger partial charge on any atom is -0.459 e. The van der Waals surface area contributed by atoms with E-state index in [1.807, 2.05) is 0 Å². The third-order valence-electron chi connectivity index (χ3n) is 6.95. The predicted octanol–water partition coefficient (Wildman–Crippen LogP) is 3.77. The molecule has 1 N–H and O–H groups in total. The molecule has 5 aromatic rings. The highest BCUT2D eigenvalue weighted by atomic mass is 19.1. The molecule has 1 aliphatic heterocycles. The molecule has 11 nitrogen and oxygen atoms in total. The smallest absolute Gasteiger partial charge is 0.338 e. The number of carbonyl (C=O) groups excluding carboxylic acids is 3. The maximum atomic E-state index is 15.1. The number of imide groups is 1. The lowest BCUT2D eigenvalue weighted by Gasteiger charge is -2.21. The summed E-state index contributed by atoms with van der Waals surface area (Å²) in [7, 11) is 0. The number of aliphatic hydroxyl groups excluding tert-OH is 1. The Labute approximate surface area is 244 Å². The van der Waals surface area contributed by atoms with Crippen LogP contribution in [0.3, 0.4) is 0 Å². The first-order valence-electron chi connectivity index (χ1n) is 13.3. The number of aromatic nitrogens is 4. The summed E-state index contributed by atoms with van der Waals surface area (Å²) in [4.78, 5) is 53.4. The van der Waals surface area contributed by atoms with E-state index in [-0.39, 0.29) is 33.7 Å². The van der Waals surface area contributed by atoms with Crippen LogP contribution in [0, 0.1) is 0 Å². The van der Waals surface area contributed by atoms with Crippen molar-refractivity contribution >= 4 is 34.8 Å². The fraction of sp³-hybridized carbons (Fsp3) is 0.161. The third kappa shape index (κ3) is 5.36. The van der Waals surface area contributed by atoms with Gasteiger partial charge >= 0.3 is 5.97 Å². The maximum Gasteiger partial charge on any atom is 0.338 e. The van der Waals surface area contributed by atoms with E-state index in [4.69, 9.17) is 9.47 Å². The van der Waals surface area contributed by atoms with Crippen molar-refractivity contribution in [3.05, 3.63) is 120 Å². The molecule has 12 heteroatoms. The Bertz CT molecular complexity index is 1720. The zero-order valence-corrected chi connectivity index (χ0v) is 22.4. The summed E-state index contributed by atoms with van der Waals surface area (Å²) in [5.41, 5.74) is 0.884. The van der Waals surface area contributed by atoms with Crippen LogP contribution in [0.2, 0.25) is 0 Å². The number of hydrogen-bond donors (Lipinski definition) is 1.